The monoisotopic (exact) mass is 451 g/mol. The van der Waals surface area contributed by atoms with Gasteiger partial charge in [-0.05, 0) is 54.6 Å². The highest BCUT2D eigenvalue weighted by Crippen LogP contribution is 2.27. The van der Waals surface area contributed by atoms with Gasteiger partial charge in [0.1, 0.15) is 5.75 Å². The highest BCUT2D eigenvalue weighted by atomic mass is 35.5. The molecule has 0 radical (unpaired) electrons. The van der Waals surface area contributed by atoms with Crippen molar-refractivity contribution in [3.63, 3.8) is 0 Å². The maximum Gasteiger partial charge on any atom is 0.262 e. The van der Waals surface area contributed by atoms with Crippen LogP contribution >= 0.6 is 23.2 Å². The number of hydrogen-bond acceptors (Lipinski definition) is 5. The molecule has 7 nitrogen and oxygen atoms in total. The lowest BCUT2D eigenvalue weighted by atomic mass is 10.3. The van der Waals surface area contributed by atoms with E-state index in [0.29, 0.717) is 27.2 Å². The van der Waals surface area contributed by atoms with Gasteiger partial charge in [-0.3, -0.25) is 14.5 Å². The molecule has 0 spiro atoms. The first-order chi connectivity index (χ1) is 13.8. The number of nitrogens with zero attached hydrogens (tertiary/aromatic N) is 1. The van der Waals surface area contributed by atoms with E-state index >= 15 is 0 Å². The van der Waals surface area contributed by atoms with Crippen LogP contribution in [0.1, 0.15) is 0 Å². The van der Waals surface area contributed by atoms with E-state index in [0.717, 1.165) is 0 Å². The van der Waals surface area contributed by atoms with Gasteiger partial charge in [-0.1, -0.05) is 23.2 Å². The van der Waals surface area contributed by atoms with Gasteiger partial charge in [0.25, 0.3) is 15.9 Å². The Labute approximate surface area is 177 Å². The standard InChI is InChI=1S/C19H15Cl2N3O4S/c20-13-3-8-18(17(21)10-13)28-12-19(25)23-14-4-6-16(7-5-14)29(26,27)24-15-2-1-9-22-11-15/h1-11,24H,12H2,(H,23,25). The fourth-order valence-electron chi connectivity index (χ4n) is 2.29. The van der Waals surface area contributed by atoms with E-state index in [1.165, 1.54) is 36.5 Å². The van der Waals surface area contributed by atoms with Crippen LogP contribution in [0.5, 0.6) is 5.75 Å². The van der Waals surface area contributed by atoms with Crippen LogP contribution in [-0.4, -0.2) is 25.9 Å². The Hall–Kier alpha value is -2.81. The van der Waals surface area contributed by atoms with Gasteiger partial charge in [0.2, 0.25) is 0 Å². The summed E-state index contributed by atoms with van der Waals surface area (Å²) in [4.78, 5) is 15.9. The van der Waals surface area contributed by atoms with Gasteiger partial charge in [-0.15, -0.1) is 0 Å². The second-order valence-electron chi connectivity index (χ2n) is 5.78. The number of anilines is 2. The number of carbonyl (C=O) groups is 1. The molecule has 1 amide bonds. The fourth-order valence-corrected chi connectivity index (χ4v) is 3.79. The number of benzene rings is 2. The first-order valence-corrected chi connectivity index (χ1v) is 10.5. The van der Waals surface area contributed by atoms with Crippen molar-refractivity contribution in [1.82, 2.24) is 4.98 Å². The molecule has 0 bridgehead atoms. The van der Waals surface area contributed by atoms with E-state index in [9.17, 15) is 13.2 Å². The van der Waals surface area contributed by atoms with E-state index in [1.54, 1.807) is 30.5 Å². The van der Waals surface area contributed by atoms with Crippen molar-refractivity contribution >= 4 is 50.5 Å². The zero-order valence-corrected chi connectivity index (χ0v) is 17.1. The number of carbonyl (C=O) groups excluding carboxylic acids is 1. The summed E-state index contributed by atoms with van der Waals surface area (Å²) in [6.45, 7) is -0.274. The van der Waals surface area contributed by atoms with Crippen molar-refractivity contribution in [2.45, 2.75) is 4.90 Å². The Morgan fingerprint density at radius 2 is 1.79 bits per heavy atom. The van der Waals surface area contributed by atoms with Gasteiger partial charge >= 0.3 is 0 Å². The molecule has 10 heteroatoms. The summed E-state index contributed by atoms with van der Waals surface area (Å²) in [6.07, 6.45) is 2.94. The number of hydrogen-bond donors (Lipinski definition) is 2. The zero-order valence-electron chi connectivity index (χ0n) is 14.8. The second-order valence-corrected chi connectivity index (χ2v) is 8.31. The smallest absolute Gasteiger partial charge is 0.262 e. The van der Waals surface area contributed by atoms with Gasteiger partial charge in [-0.25, -0.2) is 8.42 Å². The predicted octanol–water partition coefficient (Wildman–Crippen LogP) is 4.21. The number of ether oxygens (including phenoxy) is 1. The summed E-state index contributed by atoms with van der Waals surface area (Å²) >= 11 is 11.8. The molecule has 0 aliphatic rings. The van der Waals surface area contributed by atoms with Crippen LogP contribution in [0.25, 0.3) is 0 Å². The van der Waals surface area contributed by atoms with E-state index < -0.39 is 15.9 Å². The molecular weight excluding hydrogens is 437 g/mol. The lowest BCUT2D eigenvalue weighted by molar-refractivity contribution is -0.118. The normalized spacial score (nSPS) is 11.0. The maximum absolute atomic E-state index is 12.4. The molecule has 0 fully saturated rings. The molecule has 0 saturated heterocycles. The largest absolute Gasteiger partial charge is 0.482 e. The average Bonchev–Trinajstić information content (AvgIpc) is 2.68. The summed E-state index contributed by atoms with van der Waals surface area (Å²) in [5.41, 5.74) is 0.768. The summed E-state index contributed by atoms with van der Waals surface area (Å²) in [5.74, 6) is -0.103. The van der Waals surface area contributed by atoms with E-state index in [4.69, 9.17) is 27.9 Å². The third kappa shape index (κ3) is 5.83. The first kappa shape index (κ1) is 20.9. The highest BCUT2D eigenvalue weighted by molar-refractivity contribution is 7.92. The lowest BCUT2D eigenvalue weighted by Crippen LogP contribution is -2.20. The quantitative estimate of drug-likeness (QED) is 0.560. The van der Waals surface area contributed by atoms with Crippen LogP contribution in [0.4, 0.5) is 11.4 Å². The summed E-state index contributed by atoms with van der Waals surface area (Å²) < 4.78 is 32.5. The van der Waals surface area contributed by atoms with Gasteiger partial charge in [-0.2, -0.15) is 0 Å². The summed E-state index contributed by atoms with van der Waals surface area (Å²) in [7, 11) is -3.77. The maximum atomic E-state index is 12.4. The van der Waals surface area contributed by atoms with Crippen molar-refractivity contribution in [3.05, 3.63) is 77.0 Å². The molecule has 3 aromatic rings. The van der Waals surface area contributed by atoms with Gasteiger partial charge < -0.3 is 10.1 Å². The molecule has 150 valence electrons. The molecule has 0 aliphatic heterocycles. The zero-order chi connectivity index (χ0) is 20.9. The van der Waals surface area contributed by atoms with Gasteiger partial charge in [0.05, 0.1) is 21.8 Å². The number of amides is 1. The van der Waals surface area contributed by atoms with Crippen LogP contribution in [0.3, 0.4) is 0 Å². The van der Waals surface area contributed by atoms with E-state index in [1.807, 2.05) is 0 Å². The van der Waals surface area contributed by atoms with Gasteiger partial charge in [0, 0.05) is 16.9 Å². The summed E-state index contributed by atoms with van der Waals surface area (Å²) in [6, 6.07) is 13.6. The van der Waals surface area contributed by atoms with Crippen LogP contribution in [0.15, 0.2) is 71.9 Å². The van der Waals surface area contributed by atoms with Crippen molar-refractivity contribution in [1.29, 1.82) is 0 Å². The number of pyridine rings is 1. The molecule has 0 unspecified atom stereocenters. The average molecular weight is 452 g/mol. The molecule has 0 atom stereocenters. The molecule has 1 aromatic heterocycles. The van der Waals surface area contributed by atoms with Crippen molar-refractivity contribution in [3.8, 4) is 5.75 Å². The van der Waals surface area contributed by atoms with Crippen molar-refractivity contribution in [2.24, 2.45) is 0 Å². The van der Waals surface area contributed by atoms with Crippen LogP contribution in [0, 0.1) is 0 Å². The Kier molecular flexibility index (Phi) is 6.58. The van der Waals surface area contributed by atoms with Crippen LogP contribution in [0.2, 0.25) is 10.0 Å². The Bertz CT molecular complexity index is 1110. The Morgan fingerprint density at radius 3 is 2.45 bits per heavy atom. The molecule has 2 aromatic carbocycles. The molecule has 3 rings (SSSR count). The highest BCUT2D eigenvalue weighted by Gasteiger charge is 2.14. The number of aromatic nitrogens is 1. The Morgan fingerprint density at radius 1 is 1.03 bits per heavy atom. The third-order valence-corrected chi connectivity index (χ3v) is 5.54. The van der Waals surface area contributed by atoms with Gasteiger partial charge in [0.15, 0.2) is 6.61 Å². The number of halogens is 2. The lowest BCUT2D eigenvalue weighted by Gasteiger charge is -2.10. The van der Waals surface area contributed by atoms with Crippen LogP contribution < -0.4 is 14.8 Å². The molecule has 29 heavy (non-hydrogen) atoms. The SMILES string of the molecule is O=C(COc1ccc(Cl)cc1Cl)Nc1ccc(S(=O)(=O)Nc2cccnc2)cc1. The predicted molar refractivity (Wildman–Crippen MR) is 112 cm³/mol. The molecule has 0 saturated carbocycles. The summed E-state index contributed by atoms with van der Waals surface area (Å²) in [5, 5.41) is 3.36. The third-order valence-electron chi connectivity index (χ3n) is 3.61. The minimum Gasteiger partial charge on any atom is -0.482 e. The van der Waals surface area contributed by atoms with E-state index in [2.05, 4.69) is 15.0 Å². The fraction of sp³-hybridized carbons (Fsp3) is 0.0526. The minimum atomic E-state index is -3.77. The Balaban J connectivity index is 1.59. The molecule has 2 N–H and O–H groups in total. The number of nitrogens with one attached hydrogen (secondary N) is 2. The number of rotatable bonds is 7. The number of sulfonamides is 1. The van der Waals surface area contributed by atoms with Crippen LogP contribution in [-0.2, 0) is 14.8 Å². The molecule has 1 heterocycles. The molecular formula is C19H15Cl2N3O4S. The van der Waals surface area contributed by atoms with Crippen molar-refractivity contribution < 1.29 is 17.9 Å². The molecule has 0 aliphatic carbocycles. The first-order valence-electron chi connectivity index (χ1n) is 8.24. The second kappa shape index (κ2) is 9.13. The topological polar surface area (TPSA) is 97.4 Å². The minimum absolute atomic E-state index is 0.0450. The van der Waals surface area contributed by atoms with E-state index in [-0.39, 0.29) is 11.5 Å². The van der Waals surface area contributed by atoms with Crippen molar-refractivity contribution in [2.75, 3.05) is 16.6 Å².